The van der Waals surface area contributed by atoms with E-state index in [-0.39, 0.29) is 17.0 Å². The fourth-order valence-corrected chi connectivity index (χ4v) is 1.64. The summed E-state index contributed by atoms with van der Waals surface area (Å²) in [6.07, 6.45) is 0. The fourth-order valence-electron chi connectivity index (χ4n) is 1.49. The Bertz CT molecular complexity index is 377. The highest BCUT2D eigenvalue weighted by Gasteiger charge is 2.08. The van der Waals surface area contributed by atoms with Crippen molar-refractivity contribution in [2.45, 2.75) is 32.2 Å². The van der Waals surface area contributed by atoms with Crippen LogP contribution in [0.4, 0.5) is 11.4 Å². The van der Waals surface area contributed by atoms with Gasteiger partial charge in [0.2, 0.25) is 0 Å². The normalized spacial score (nSPS) is 12.3. The number of benzene rings is 1. The smallest absolute Gasteiger partial charge is 0.335 e. The largest absolute Gasteiger partial charge is 0.478 e. The Morgan fingerprint density at radius 2 is 1.71 bits per heavy atom. The zero-order valence-electron chi connectivity index (χ0n) is 10.2. The van der Waals surface area contributed by atoms with Crippen molar-refractivity contribution in [1.29, 1.82) is 0 Å². The van der Waals surface area contributed by atoms with Crippen LogP contribution in [0.2, 0.25) is 0 Å². The van der Waals surface area contributed by atoms with Gasteiger partial charge in [-0.25, -0.2) is 4.79 Å². The van der Waals surface area contributed by atoms with E-state index < -0.39 is 5.97 Å². The monoisotopic (exact) mass is 254 g/mol. The second-order valence-electron chi connectivity index (χ2n) is 4.22. The van der Waals surface area contributed by atoms with Crippen LogP contribution in [0.15, 0.2) is 18.2 Å². The van der Waals surface area contributed by atoms with Gasteiger partial charge in [0.1, 0.15) is 0 Å². The highest BCUT2D eigenvalue weighted by atomic mass is 32.1. The molecule has 0 aliphatic carbocycles. The van der Waals surface area contributed by atoms with Gasteiger partial charge >= 0.3 is 5.97 Å². The zero-order valence-corrected chi connectivity index (χ0v) is 11.1. The summed E-state index contributed by atoms with van der Waals surface area (Å²) in [6.45, 7) is 5.88. The molecule has 17 heavy (non-hydrogen) atoms. The van der Waals surface area contributed by atoms with Crippen LogP contribution in [0, 0.1) is 0 Å². The van der Waals surface area contributed by atoms with Crippen LogP contribution < -0.4 is 10.6 Å². The molecule has 94 valence electrons. The zero-order chi connectivity index (χ0) is 13.0. The number of anilines is 2. The summed E-state index contributed by atoms with van der Waals surface area (Å²) in [7, 11) is 0. The quantitative estimate of drug-likeness (QED) is 0.482. The molecule has 0 saturated carbocycles. The molecule has 1 atom stereocenters. The van der Waals surface area contributed by atoms with Crippen molar-refractivity contribution in [3.05, 3.63) is 23.8 Å². The molecule has 1 rings (SSSR count). The molecule has 5 heteroatoms. The molecule has 0 amide bonds. The number of thiol groups is 1. The van der Waals surface area contributed by atoms with Crippen LogP contribution in [0.3, 0.4) is 0 Å². The van der Waals surface area contributed by atoms with Crippen LogP contribution in [0.1, 0.15) is 31.1 Å². The Hall–Kier alpha value is -1.36. The SMILES string of the molecule is CC(C)Nc1cc(NC(C)S)cc(C(=O)O)c1. The number of hydrogen-bond donors (Lipinski definition) is 4. The van der Waals surface area contributed by atoms with Crippen LogP contribution in [-0.4, -0.2) is 22.5 Å². The first-order valence-corrected chi connectivity index (χ1v) is 5.99. The summed E-state index contributed by atoms with van der Waals surface area (Å²) in [4.78, 5) is 11.0. The van der Waals surface area contributed by atoms with Crippen molar-refractivity contribution >= 4 is 30.0 Å². The number of carbonyl (C=O) groups is 1. The third-order valence-electron chi connectivity index (χ3n) is 2.01. The summed E-state index contributed by atoms with van der Waals surface area (Å²) in [5, 5.41) is 15.3. The van der Waals surface area contributed by atoms with Gasteiger partial charge in [-0.1, -0.05) is 0 Å². The number of hydrogen-bond acceptors (Lipinski definition) is 4. The minimum atomic E-state index is -0.938. The molecular weight excluding hydrogens is 236 g/mol. The van der Waals surface area contributed by atoms with E-state index in [1.807, 2.05) is 26.8 Å². The van der Waals surface area contributed by atoms with E-state index in [1.54, 1.807) is 12.1 Å². The van der Waals surface area contributed by atoms with Crippen molar-refractivity contribution in [3.8, 4) is 0 Å². The maximum Gasteiger partial charge on any atom is 0.335 e. The molecule has 3 N–H and O–H groups in total. The summed E-state index contributed by atoms with van der Waals surface area (Å²) in [6, 6.07) is 5.34. The van der Waals surface area contributed by atoms with E-state index in [4.69, 9.17) is 5.11 Å². The van der Waals surface area contributed by atoms with Gasteiger partial charge in [0.25, 0.3) is 0 Å². The van der Waals surface area contributed by atoms with Gasteiger partial charge < -0.3 is 15.7 Å². The van der Waals surface area contributed by atoms with Gasteiger partial charge in [-0.3, -0.25) is 0 Å². The minimum absolute atomic E-state index is 0.0362. The van der Waals surface area contributed by atoms with Gasteiger partial charge in [0.15, 0.2) is 0 Å². The third-order valence-corrected chi connectivity index (χ3v) is 2.14. The average Bonchev–Trinajstić information content (AvgIpc) is 2.14. The Morgan fingerprint density at radius 3 is 2.12 bits per heavy atom. The molecule has 4 nitrogen and oxygen atoms in total. The summed E-state index contributed by atoms with van der Waals surface area (Å²) in [5.41, 5.74) is 1.79. The minimum Gasteiger partial charge on any atom is -0.478 e. The van der Waals surface area contributed by atoms with Crippen LogP contribution in [-0.2, 0) is 0 Å². The Labute approximate surface area is 107 Å². The molecule has 1 unspecified atom stereocenters. The lowest BCUT2D eigenvalue weighted by atomic mass is 10.1. The van der Waals surface area contributed by atoms with E-state index in [0.717, 1.165) is 11.4 Å². The molecule has 0 aliphatic heterocycles. The molecule has 0 aromatic heterocycles. The number of rotatable bonds is 5. The molecule has 0 saturated heterocycles. The maximum atomic E-state index is 11.0. The van der Waals surface area contributed by atoms with Crippen molar-refractivity contribution in [1.82, 2.24) is 0 Å². The highest BCUT2D eigenvalue weighted by Crippen LogP contribution is 2.21. The first-order chi connectivity index (χ1) is 7.88. The molecule has 1 aromatic rings. The van der Waals surface area contributed by atoms with E-state index in [9.17, 15) is 4.79 Å². The topological polar surface area (TPSA) is 61.4 Å². The van der Waals surface area contributed by atoms with E-state index in [2.05, 4.69) is 23.3 Å². The summed E-state index contributed by atoms with van der Waals surface area (Å²) < 4.78 is 0. The van der Waals surface area contributed by atoms with E-state index >= 15 is 0 Å². The molecule has 1 aromatic carbocycles. The third kappa shape index (κ3) is 4.56. The average molecular weight is 254 g/mol. The van der Waals surface area contributed by atoms with Gasteiger partial charge in [0, 0.05) is 17.4 Å². The predicted octanol–water partition coefficient (Wildman–Crippen LogP) is 2.89. The lowest BCUT2D eigenvalue weighted by molar-refractivity contribution is 0.0697. The lowest BCUT2D eigenvalue weighted by Gasteiger charge is -2.15. The Kier molecular flexibility index (Phi) is 4.69. The molecular formula is C12H18N2O2S. The summed E-state index contributed by atoms with van der Waals surface area (Å²) in [5.74, 6) is -0.938. The predicted molar refractivity (Wildman–Crippen MR) is 74.2 cm³/mol. The van der Waals surface area contributed by atoms with Gasteiger partial charge in [-0.2, -0.15) is 12.6 Å². The molecule has 0 fully saturated rings. The van der Waals surface area contributed by atoms with Gasteiger partial charge in [-0.05, 0) is 39.0 Å². The van der Waals surface area contributed by atoms with E-state index in [0.29, 0.717) is 0 Å². The van der Waals surface area contributed by atoms with Crippen molar-refractivity contribution in [2.24, 2.45) is 0 Å². The Morgan fingerprint density at radius 1 is 1.18 bits per heavy atom. The molecule has 0 heterocycles. The number of carboxylic acid groups (broad SMARTS) is 1. The molecule has 0 spiro atoms. The summed E-state index contributed by atoms with van der Waals surface area (Å²) >= 11 is 4.22. The number of nitrogens with one attached hydrogen (secondary N) is 2. The molecule has 0 aliphatic rings. The number of carboxylic acids is 1. The fraction of sp³-hybridized carbons (Fsp3) is 0.417. The van der Waals surface area contributed by atoms with Crippen LogP contribution in [0.5, 0.6) is 0 Å². The first kappa shape index (κ1) is 13.7. The van der Waals surface area contributed by atoms with Crippen molar-refractivity contribution < 1.29 is 9.90 Å². The standard InChI is InChI=1S/C12H18N2O2S/c1-7(2)13-10-4-9(12(15)16)5-11(6-10)14-8(3)17/h4-8,13-14,17H,1-3H3,(H,15,16). The maximum absolute atomic E-state index is 11.0. The highest BCUT2D eigenvalue weighted by molar-refractivity contribution is 7.81. The van der Waals surface area contributed by atoms with Gasteiger partial charge in [-0.15, -0.1) is 0 Å². The molecule has 0 radical (unpaired) electrons. The van der Waals surface area contributed by atoms with Crippen LogP contribution >= 0.6 is 12.6 Å². The van der Waals surface area contributed by atoms with Gasteiger partial charge in [0.05, 0.1) is 10.9 Å². The second-order valence-corrected chi connectivity index (χ2v) is 5.00. The van der Waals surface area contributed by atoms with Crippen molar-refractivity contribution in [3.63, 3.8) is 0 Å². The number of aromatic carboxylic acids is 1. The lowest BCUT2D eigenvalue weighted by Crippen LogP contribution is -2.12. The Balaban J connectivity index is 3.04. The van der Waals surface area contributed by atoms with Crippen LogP contribution in [0.25, 0.3) is 0 Å². The molecule has 0 bridgehead atoms. The van der Waals surface area contributed by atoms with E-state index in [1.165, 1.54) is 0 Å². The first-order valence-electron chi connectivity index (χ1n) is 5.48. The van der Waals surface area contributed by atoms with Crippen molar-refractivity contribution in [2.75, 3.05) is 10.6 Å². The second kappa shape index (κ2) is 5.82.